The molecule has 0 aliphatic heterocycles. The van der Waals surface area contributed by atoms with Gasteiger partial charge in [-0.25, -0.2) is 0 Å². The van der Waals surface area contributed by atoms with Gasteiger partial charge >= 0.3 is 0 Å². The predicted molar refractivity (Wildman–Crippen MR) is 68.4 cm³/mol. The van der Waals surface area contributed by atoms with E-state index in [0.29, 0.717) is 6.04 Å². The number of nitrogens with zero attached hydrogens (tertiary/aromatic N) is 2. The van der Waals surface area contributed by atoms with Gasteiger partial charge in [0.1, 0.15) is 3.14 Å². The van der Waals surface area contributed by atoms with Crippen molar-refractivity contribution < 1.29 is 0 Å². The lowest BCUT2D eigenvalue weighted by atomic mass is 9.96. The first-order chi connectivity index (χ1) is 7.33. The Morgan fingerprint density at radius 3 is 2.80 bits per heavy atom. The molecule has 80 valence electrons. The highest BCUT2D eigenvalue weighted by Crippen LogP contribution is 2.32. The van der Waals surface area contributed by atoms with Crippen molar-refractivity contribution in [3.05, 3.63) is 9.33 Å². The van der Waals surface area contributed by atoms with E-state index in [2.05, 4.69) is 16.0 Å². The fourth-order valence-electron chi connectivity index (χ4n) is 2.22. The van der Waals surface area contributed by atoms with Crippen molar-refractivity contribution in [2.45, 2.75) is 38.1 Å². The minimum absolute atomic E-state index is 0.638. The third kappa shape index (κ3) is 1.88. The lowest BCUT2D eigenvalue weighted by Gasteiger charge is -2.21. The van der Waals surface area contributed by atoms with Gasteiger partial charge in [-0.15, -0.1) is 11.3 Å². The zero-order valence-electron chi connectivity index (χ0n) is 8.31. The van der Waals surface area contributed by atoms with Crippen LogP contribution in [-0.4, -0.2) is 9.78 Å². The molecule has 2 aromatic heterocycles. The lowest BCUT2D eigenvalue weighted by Crippen LogP contribution is -2.12. The van der Waals surface area contributed by atoms with Crippen LogP contribution in [0.15, 0.2) is 6.20 Å². The molecule has 2 aromatic rings. The highest BCUT2D eigenvalue weighted by atomic mass is 32.2. The van der Waals surface area contributed by atoms with E-state index < -0.39 is 0 Å². The van der Waals surface area contributed by atoms with Gasteiger partial charge in [-0.1, -0.05) is 42.8 Å². The van der Waals surface area contributed by atoms with E-state index in [-0.39, 0.29) is 0 Å². The summed E-state index contributed by atoms with van der Waals surface area (Å²) in [6.45, 7) is 0. The Kier molecular flexibility index (Phi) is 2.62. The van der Waals surface area contributed by atoms with Crippen LogP contribution in [0.5, 0.6) is 0 Å². The zero-order valence-corrected chi connectivity index (χ0v) is 10.8. The van der Waals surface area contributed by atoms with Crippen LogP contribution < -0.4 is 0 Å². The summed E-state index contributed by atoms with van der Waals surface area (Å²) in [6, 6.07) is 0.638. The maximum Gasteiger partial charge on any atom is 0.157 e. The third-order valence-corrected chi connectivity index (χ3v) is 5.46. The van der Waals surface area contributed by atoms with Gasteiger partial charge in [0.15, 0.2) is 4.83 Å². The van der Waals surface area contributed by atoms with Crippen LogP contribution in [0.2, 0.25) is 0 Å². The fourth-order valence-corrected chi connectivity index (χ4v) is 4.56. The lowest BCUT2D eigenvalue weighted by molar-refractivity contribution is 0.331. The van der Waals surface area contributed by atoms with Crippen molar-refractivity contribution in [3.8, 4) is 0 Å². The van der Waals surface area contributed by atoms with E-state index in [1.54, 1.807) is 22.7 Å². The molecule has 1 aliphatic rings. The van der Waals surface area contributed by atoms with E-state index >= 15 is 0 Å². The third-order valence-electron chi connectivity index (χ3n) is 2.99. The number of hydrogen-bond acceptors (Lipinski definition) is 4. The van der Waals surface area contributed by atoms with Gasteiger partial charge in [-0.2, -0.15) is 5.10 Å². The molecule has 0 N–H and O–H groups in total. The van der Waals surface area contributed by atoms with Crippen molar-refractivity contribution in [3.63, 3.8) is 0 Å². The first-order valence-corrected chi connectivity index (χ1v) is 7.36. The second-order valence-electron chi connectivity index (χ2n) is 4.02. The fraction of sp³-hybridized carbons (Fsp3) is 0.600. The molecule has 2 heterocycles. The molecule has 0 radical (unpaired) electrons. The highest BCUT2D eigenvalue weighted by molar-refractivity contribution is 7.77. The average Bonchev–Trinajstić information content (AvgIpc) is 2.76. The molecule has 1 saturated carbocycles. The summed E-state index contributed by atoms with van der Waals surface area (Å²) in [7, 11) is 0. The van der Waals surface area contributed by atoms with Crippen molar-refractivity contribution in [1.82, 2.24) is 9.78 Å². The number of aromatic nitrogens is 2. The minimum atomic E-state index is 0.638. The molecular weight excluding hydrogens is 244 g/mol. The zero-order chi connectivity index (χ0) is 10.3. The Morgan fingerprint density at radius 2 is 2.07 bits per heavy atom. The Bertz CT molecular complexity index is 481. The van der Waals surface area contributed by atoms with E-state index in [9.17, 15) is 0 Å². The SMILES string of the molecule is S=c1sc2cn(C3CCCCC3)nc2s1. The standard InChI is InChI=1S/C10H12N2S3/c13-10-14-8-6-12(11-9(8)15-10)7-4-2-1-3-5-7/h6-7H,1-5H2. The monoisotopic (exact) mass is 256 g/mol. The summed E-state index contributed by atoms with van der Waals surface area (Å²) in [5.41, 5.74) is 0. The minimum Gasteiger partial charge on any atom is -0.267 e. The van der Waals surface area contributed by atoms with Crippen molar-refractivity contribution in [2.75, 3.05) is 0 Å². The van der Waals surface area contributed by atoms with Crippen LogP contribution in [0.1, 0.15) is 38.1 Å². The molecule has 3 rings (SSSR count). The molecule has 0 saturated heterocycles. The second kappa shape index (κ2) is 3.96. The topological polar surface area (TPSA) is 17.8 Å². The Hall–Kier alpha value is -0.260. The van der Waals surface area contributed by atoms with Crippen LogP contribution in [-0.2, 0) is 0 Å². The first-order valence-electron chi connectivity index (χ1n) is 5.32. The first kappa shape index (κ1) is 9.93. The van der Waals surface area contributed by atoms with Crippen molar-refractivity contribution >= 4 is 44.4 Å². The summed E-state index contributed by atoms with van der Waals surface area (Å²) >= 11 is 8.48. The largest absolute Gasteiger partial charge is 0.267 e. The molecule has 0 atom stereocenters. The average molecular weight is 256 g/mol. The van der Waals surface area contributed by atoms with Gasteiger partial charge < -0.3 is 0 Å². The van der Waals surface area contributed by atoms with Crippen LogP contribution in [0.25, 0.3) is 9.53 Å². The predicted octanol–water partition coefficient (Wildman–Crippen LogP) is 4.39. The van der Waals surface area contributed by atoms with Gasteiger partial charge in [0.05, 0.1) is 10.7 Å². The molecule has 2 nitrogen and oxygen atoms in total. The summed E-state index contributed by atoms with van der Waals surface area (Å²) in [4.78, 5) is 1.12. The van der Waals surface area contributed by atoms with Gasteiger partial charge in [0.25, 0.3) is 0 Å². The number of fused-ring (bicyclic) bond motifs is 1. The van der Waals surface area contributed by atoms with Crippen LogP contribution >= 0.6 is 34.9 Å². The van der Waals surface area contributed by atoms with Crippen LogP contribution in [0.4, 0.5) is 0 Å². The van der Waals surface area contributed by atoms with Crippen LogP contribution in [0.3, 0.4) is 0 Å². The molecule has 15 heavy (non-hydrogen) atoms. The maximum absolute atomic E-state index is 5.15. The molecule has 0 aromatic carbocycles. The molecule has 0 spiro atoms. The second-order valence-corrected chi connectivity index (χ2v) is 7.26. The molecule has 1 aliphatic carbocycles. The summed E-state index contributed by atoms with van der Waals surface area (Å²) in [6.07, 6.45) is 8.87. The number of hydrogen-bond donors (Lipinski definition) is 0. The van der Waals surface area contributed by atoms with E-state index in [4.69, 9.17) is 12.2 Å². The summed E-state index contributed by atoms with van der Waals surface area (Å²) < 4.78 is 4.42. The molecule has 1 fully saturated rings. The highest BCUT2D eigenvalue weighted by Gasteiger charge is 2.17. The van der Waals surface area contributed by atoms with Crippen LogP contribution in [0, 0.1) is 3.14 Å². The molecule has 0 bridgehead atoms. The Labute approximate surface area is 102 Å². The van der Waals surface area contributed by atoms with Gasteiger partial charge in [-0.05, 0) is 12.8 Å². The quantitative estimate of drug-likeness (QED) is 0.704. The Morgan fingerprint density at radius 1 is 1.27 bits per heavy atom. The van der Waals surface area contributed by atoms with Crippen molar-refractivity contribution in [1.29, 1.82) is 0 Å². The molecule has 5 heteroatoms. The van der Waals surface area contributed by atoms with Gasteiger partial charge in [0.2, 0.25) is 0 Å². The molecule has 0 unspecified atom stereocenters. The maximum atomic E-state index is 5.15. The summed E-state index contributed by atoms with van der Waals surface area (Å²) in [5, 5.41) is 4.64. The van der Waals surface area contributed by atoms with E-state index in [1.807, 2.05) is 0 Å². The smallest absolute Gasteiger partial charge is 0.157 e. The van der Waals surface area contributed by atoms with Crippen molar-refractivity contribution in [2.24, 2.45) is 0 Å². The van der Waals surface area contributed by atoms with Gasteiger partial charge in [0, 0.05) is 6.20 Å². The normalized spacial score (nSPS) is 18.7. The summed E-state index contributed by atoms with van der Waals surface area (Å²) in [5.74, 6) is 0. The Balaban J connectivity index is 1.96. The molecule has 0 amide bonds. The van der Waals surface area contributed by atoms with E-state index in [1.165, 1.54) is 36.8 Å². The number of rotatable bonds is 1. The molecular formula is C10H12N2S3. The van der Waals surface area contributed by atoms with Gasteiger partial charge in [-0.3, -0.25) is 4.68 Å². The van der Waals surface area contributed by atoms with E-state index in [0.717, 1.165) is 7.97 Å².